The highest BCUT2D eigenvalue weighted by Gasteiger charge is 2.25. The van der Waals surface area contributed by atoms with Gasteiger partial charge in [0.2, 0.25) is 5.91 Å². The van der Waals surface area contributed by atoms with Crippen molar-refractivity contribution in [2.24, 2.45) is 0 Å². The molecule has 150 valence electrons. The maximum Gasteiger partial charge on any atom is 0.349 e. The summed E-state index contributed by atoms with van der Waals surface area (Å²) in [4.78, 5) is 48.2. The second-order valence-corrected chi connectivity index (χ2v) is 6.63. The van der Waals surface area contributed by atoms with Gasteiger partial charge in [-0.15, -0.1) is 0 Å². The lowest BCUT2D eigenvalue weighted by molar-refractivity contribution is -0.145. The van der Waals surface area contributed by atoms with Crippen molar-refractivity contribution in [2.45, 2.75) is 25.8 Å². The molecule has 3 N–H and O–H groups in total. The SMILES string of the molecule is CCOC(=O)[C@H](CCC(=O)NC)NC(=O)c1cc2cc(Br)c(O)cc2oc1=O. The normalized spacial score (nSPS) is 11.7. The van der Waals surface area contributed by atoms with Crippen molar-refractivity contribution in [3.63, 3.8) is 0 Å². The third-order valence-electron chi connectivity index (χ3n) is 3.86. The molecule has 0 radical (unpaired) electrons. The largest absolute Gasteiger partial charge is 0.507 e. The molecular formula is C18H19BrN2O7. The fourth-order valence-corrected chi connectivity index (χ4v) is 2.78. The number of benzene rings is 1. The fraction of sp³-hybridized carbons (Fsp3) is 0.333. The number of carbonyl (C=O) groups excluding carboxylic acids is 3. The maximum atomic E-state index is 12.6. The molecule has 9 nitrogen and oxygen atoms in total. The molecule has 1 heterocycles. The van der Waals surface area contributed by atoms with Gasteiger partial charge in [0, 0.05) is 24.9 Å². The molecule has 1 aromatic heterocycles. The Morgan fingerprint density at radius 3 is 2.64 bits per heavy atom. The average Bonchev–Trinajstić information content (AvgIpc) is 2.65. The van der Waals surface area contributed by atoms with E-state index in [9.17, 15) is 24.3 Å². The van der Waals surface area contributed by atoms with E-state index in [0.29, 0.717) is 9.86 Å². The van der Waals surface area contributed by atoms with Crippen LogP contribution in [0.2, 0.25) is 0 Å². The second-order valence-electron chi connectivity index (χ2n) is 5.78. The number of amides is 2. The van der Waals surface area contributed by atoms with Crippen LogP contribution in [0.15, 0.2) is 31.9 Å². The quantitative estimate of drug-likeness (QED) is 0.425. The first-order chi connectivity index (χ1) is 13.3. The summed E-state index contributed by atoms with van der Waals surface area (Å²) < 4.78 is 10.3. The molecule has 0 spiro atoms. The lowest BCUT2D eigenvalue weighted by atomic mass is 10.1. The van der Waals surface area contributed by atoms with Gasteiger partial charge in [0.05, 0.1) is 11.1 Å². The molecule has 2 amide bonds. The van der Waals surface area contributed by atoms with Gasteiger partial charge < -0.3 is 24.9 Å². The van der Waals surface area contributed by atoms with E-state index in [4.69, 9.17) is 9.15 Å². The van der Waals surface area contributed by atoms with Crippen LogP contribution in [0, 0.1) is 0 Å². The van der Waals surface area contributed by atoms with Crippen LogP contribution in [0.4, 0.5) is 0 Å². The third-order valence-corrected chi connectivity index (χ3v) is 4.50. The number of ether oxygens (including phenoxy) is 1. The molecule has 0 fully saturated rings. The zero-order valence-electron chi connectivity index (χ0n) is 15.2. The predicted molar refractivity (Wildman–Crippen MR) is 103 cm³/mol. The molecule has 1 aromatic carbocycles. The molecule has 28 heavy (non-hydrogen) atoms. The number of esters is 1. The van der Waals surface area contributed by atoms with E-state index in [2.05, 4.69) is 26.6 Å². The maximum absolute atomic E-state index is 12.6. The van der Waals surface area contributed by atoms with Crippen molar-refractivity contribution < 1.29 is 28.6 Å². The Hall–Kier alpha value is -2.88. The molecule has 0 bridgehead atoms. The summed E-state index contributed by atoms with van der Waals surface area (Å²) in [6, 6.07) is 2.92. The first-order valence-electron chi connectivity index (χ1n) is 8.41. The monoisotopic (exact) mass is 454 g/mol. The Kier molecular flexibility index (Phi) is 7.16. The predicted octanol–water partition coefficient (Wildman–Crippen LogP) is 1.45. The number of rotatable bonds is 7. The van der Waals surface area contributed by atoms with Crippen LogP contribution in [0.3, 0.4) is 0 Å². The number of aromatic hydroxyl groups is 1. The molecule has 10 heteroatoms. The van der Waals surface area contributed by atoms with Crippen molar-refractivity contribution >= 4 is 44.7 Å². The Morgan fingerprint density at radius 1 is 1.29 bits per heavy atom. The topological polar surface area (TPSA) is 135 Å². The Morgan fingerprint density at radius 2 is 2.00 bits per heavy atom. The third kappa shape index (κ3) is 5.10. The second kappa shape index (κ2) is 9.36. The first kappa shape index (κ1) is 21.4. The number of fused-ring (bicyclic) bond motifs is 1. The Bertz CT molecular complexity index is 970. The number of carbonyl (C=O) groups is 3. The molecule has 2 rings (SSSR count). The number of hydrogen-bond acceptors (Lipinski definition) is 7. The number of hydrogen-bond donors (Lipinski definition) is 3. The molecule has 0 aliphatic carbocycles. The van der Waals surface area contributed by atoms with E-state index in [1.807, 2.05) is 0 Å². The van der Waals surface area contributed by atoms with Crippen molar-refractivity contribution in [3.8, 4) is 5.75 Å². The smallest absolute Gasteiger partial charge is 0.349 e. The molecule has 0 saturated carbocycles. The zero-order chi connectivity index (χ0) is 20.8. The van der Waals surface area contributed by atoms with Gasteiger partial charge in [-0.1, -0.05) is 0 Å². The van der Waals surface area contributed by atoms with Gasteiger partial charge in [0.15, 0.2) is 0 Å². The van der Waals surface area contributed by atoms with Crippen molar-refractivity contribution in [2.75, 3.05) is 13.7 Å². The van der Waals surface area contributed by atoms with Crippen LogP contribution >= 0.6 is 15.9 Å². The van der Waals surface area contributed by atoms with Crippen LogP contribution in [-0.2, 0) is 14.3 Å². The van der Waals surface area contributed by atoms with Crippen molar-refractivity contribution in [1.29, 1.82) is 0 Å². The van der Waals surface area contributed by atoms with Gasteiger partial charge >= 0.3 is 11.6 Å². The van der Waals surface area contributed by atoms with Gasteiger partial charge in [0.1, 0.15) is 22.9 Å². The van der Waals surface area contributed by atoms with Gasteiger partial charge in [-0.05, 0) is 41.4 Å². The van der Waals surface area contributed by atoms with Crippen LogP contribution in [0.1, 0.15) is 30.1 Å². The van der Waals surface area contributed by atoms with Crippen LogP contribution < -0.4 is 16.3 Å². The van der Waals surface area contributed by atoms with Crippen LogP contribution in [0.25, 0.3) is 11.0 Å². The minimum atomic E-state index is -1.11. The zero-order valence-corrected chi connectivity index (χ0v) is 16.8. The molecule has 2 aromatic rings. The van der Waals surface area contributed by atoms with E-state index in [-0.39, 0.29) is 42.3 Å². The molecular weight excluding hydrogens is 436 g/mol. The number of phenolic OH excluding ortho intramolecular Hbond substituents is 1. The number of nitrogens with one attached hydrogen (secondary N) is 2. The summed E-state index contributed by atoms with van der Waals surface area (Å²) in [6.07, 6.45) is -0.0125. The number of phenols is 1. The van der Waals surface area contributed by atoms with Gasteiger partial charge in [-0.3, -0.25) is 9.59 Å². The molecule has 0 aliphatic rings. The number of halogens is 1. The molecule has 1 atom stereocenters. The molecule has 0 unspecified atom stereocenters. The molecule has 0 saturated heterocycles. The standard InChI is InChI=1S/C18H19BrN2O7/c1-3-27-18(26)12(4-5-15(23)20-2)21-16(24)10-6-9-7-11(19)13(22)8-14(9)28-17(10)25/h6-8,12,22H,3-5H2,1-2H3,(H,20,23)(H,21,24)/t12-/m0/s1. The van der Waals surface area contributed by atoms with E-state index < -0.39 is 23.5 Å². The van der Waals surface area contributed by atoms with Crippen LogP contribution in [0.5, 0.6) is 5.75 Å². The Balaban J connectivity index is 2.29. The highest BCUT2D eigenvalue weighted by atomic mass is 79.9. The first-order valence-corrected chi connectivity index (χ1v) is 9.20. The summed E-state index contributed by atoms with van der Waals surface area (Å²) in [5, 5.41) is 14.9. The fourth-order valence-electron chi connectivity index (χ4n) is 2.41. The van der Waals surface area contributed by atoms with Gasteiger partial charge in [-0.25, -0.2) is 9.59 Å². The lowest BCUT2D eigenvalue weighted by Crippen LogP contribution is -2.43. The minimum absolute atomic E-state index is 0.00256. The average molecular weight is 455 g/mol. The van der Waals surface area contributed by atoms with Gasteiger partial charge in [-0.2, -0.15) is 0 Å². The van der Waals surface area contributed by atoms with Crippen LogP contribution in [-0.4, -0.2) is 42.6 Å². The highest BCUT2D eigenvalue weighted by Crippen LogP contribution is 2.29. The lowest BCUT2D eigenvalue weighted by Gasteiger charge is -2.16. The van der Waals surface area contributed by atoms with Gasteiger partial charge in [0.25, 0.3) is 5.91 Å². The van der Waals surface area contributed by atoms with Crippen molar-refractivity contribution in [3.05, 3.63) is 38.7 Å². The van der Waals surface area contributed by atoms with E-state index in [0.717, 1.165) is 0 Å². The molecule has 0 aliphatic heterocycles. The van der Waals surface area contributed by atoms with E-state index in [1.54, 1.807) is 6.92 Å². The van der Waals surface area contributed by atoms with E-state index in [1.165, 1.54) is 25.2 Å². The summed E-state index contributed by atoms with van der Waals surface area (Å²) in [7, 11) is 1.45. The summed E-state index contributed by atoms with van der Waals surface area (Å²) in [5.74, 6) is -1.98. The summed E-state index contributed by atoms with van der Waals surface area (Å²) in [6.45, 7) is 1.71. The summed E-state index contributed by atoms with van der Waals surface area (Å²) in [5.41, 5.74) is -1.15. The van der Waals surface area contributed by atoms with Crippen molar-refractivity contribution in [1.82, 2.24) is 10.6 Å². The Labute approximate surface area is 168 Å². The summed E-state index contributed by atoms with van der Waals surface area (Å²) >= 11 is 3.14. The van der Waals surface area contributed by atoms with E-state index >= 15 is 0 Å². The highest BCUT2D eigenvalue weighted by molar-refractivity contribution is 9.10. The minimum Gasteiger partial charge on any atom is -0.507 e.